The molecule has 0 atom stereocenters. The van der Waals surface area contributed by atoms with E-state index >= 15 is 0 Å². The molecule has 1 rings (SSSR count). The van der Waals surface area contributed by atoms with E-state index in [2.05, 4.69) is 6.92 Å². The van der Waals surface area contributed by atoms with Crippen LogP contribution in [0.25, 0.3) is 6.08 Å². The first-order valence-electron chi connectivity index (χ1n) is 8.65. The number of carboxylic acids is 1. The quantitative estimate of drug-likeness (QED) is 0.230. The van der Waals surface area contributed by atoms with E-state index in [0.29, 0.717) is 17.9 Å². The summed E-state index contributed by atoms with van der Waals surface area (Å²) in [6, 6.07) is 3.17. The van der Waals surface area contributed by atoms with Crippen molar-refractivity contribution in [2.45, 2.75) is 71.1 Å². The van der Waals surface area contributed by atoms with Gasteiger partial charge < -0.3 is 14.3 Å². The van der Waals surface area contributed by atoms with Crippen molar-refractivity contribution < 1.29 is 70.5 Å². The van der Waals surface area contributed by atoms with Crippen molar-refractivity contribution in [3.63, 3.8) is 0 Å². The summed E-state index contributed by atoms with van der Waals surface area (Å²) in [4.78, 5) is 22.3. The molecule has 24 heavy (non-hydrogen) atoms. The molecule has 5 heteroatoms. The zero-order valence-corrected chi connectivity index (χ0v) is 18.1. The number of carboxylic acid groups (broad SMARTS) is 1. The third-order valence-corrected chi connectivity index (χ3v) is 3.79. The van der Waals surface area contributed by atoms with E-state index in [4.69, 9.17) is 4.42 Å². The van der Waals surface area contributed by atoms with E-state index in [0.717, 1.165) is 18.9 Å². The first-order chi connectivity index (χ1) is 11.1. The van der Waals surface area contributed by atoms with Gasteiger partial charge in [0.2, 0.25) is 0 Å². The van der Waals surface area contributed by atoms with Gasteiger partial charge in [-0.25, -0.2) is 0 Å². The molecule has 0 N–H and O–H groups in total. The summed E-state index contributed by atoms with van der Waals surface area (Å²) >= 11 is 0. The second-order valence-corrected chi connectivity index (χ2v) is 5.86. The van der Waals surface area contributed by atoms with Crippen LogP contribution >= 0.6 is 0 Å². The van der Waals surface area contributed by atoms with Crippen LogP contribution in [-0.2, 0) is 4.79 Å². The average molecular weight is 359 g/mol. The van der Waals surface area contributed by atoms with Gasteiger partial charge in [0.1, 0.15) is 5.76 Å². The van der Waals surface area contributed by atoms with Gasteiger partial charge in [-0.3, -0.25) is 4.79 Å². The van der Waals surface area contributed by atoms with E-state index in [-0.39, 0.29) is 57.2 Å². The van der Waals surface area contributed by atoms with Crippen LogP contribution in [0.15, 0.2) is 22.6 Å². The third-order valence-electron chi connectivity index (χ3n) is 3.79. The minimum Gasteiger partial charge on any atom is -0.545 e. The van der Waals surface area contributed by atoms with Crippen LogP contribution in [0.5, 0.6) is 0 Å². The maximum Gasteiger partial charge on any atom is 1.00 e. The summed E-state index contributed by atoms with van der Waals surface area (Å²) in [7, 11) is 0. The molecule has 1 aromatic rings. The fraction of sp³-hybridized carbons (Fsp3) is 0.579. The normalized spacial score (nSPS) is 10.7. The first kappa shape index (κ1) is 23.8. The van der Waals surface area contributed by atoms with Gasteiger partial charge >= 0.3 is 51.4 Å². The number of aliphatic carboxylic acids is 1. The maximum atomic E-state index is 12.0. The molecule has 0 unspecified atom stereocenters. The number of carbonyl (C=O) groups is 2. The Balaban J connectivity index is 0.00000529. The van der Waals surface area contributed by atoms with Crippen molar-refractivity contribution in [3.05, 3.63) is 29.7 Å². The smallest absolute Gasteiger partial charge is 0.545 e. The van der Waals surface area contributed by atoms with Gasteiger partial charge in [-0.15, -0.1) is 0 Å². The summed E-state index contributed by atoms with van der Waals surface area (Å²) in [5, 5.41) is 10.3. The Morgan fingerprint density at radius 2 is 1.58 bits per heavy atom. The van der Waals surface area contributed by atoms with Crippen LogP contribution < -0.4 is 56.5 Å². The largest absolute Gasteiger partial charge is 1.00 e. The van der Waals surface area contributed by atoms with Gasteiger partial charge in [-0.05, 0) is 30.7 Å². The summed E-state index contributed by atoms with van der Waals surface area (Å²) in [6.07, 6.45) is 13.6. The summed E-state index contributed by atoms with van der Waals surface area (Å²) in [5.74, 6) is -0.669. The number of Topliss-reactive ketones (excluding diaryl/α,β-unsaturated/α-hetero) is 1. The van der Waals surface area contributed by atoms with Crippen molar-refractivity contribution in [1.29, 1.82) is 0 Å². The molecule has 0 aliphatic heterocycles. The topological polar surface area (TPSA) is 70.3 Å². The van der Waals surface area contributed by atoms with Gasteiger partial charge in [-0.2, -0.15) is 0 Å². The fourth-order valence-corrected chi connectivity index (χ4v) is 2.46. The molecule has 128 valence electrons. The van der Waals surface area contributed by atoms with E-state index in [1.807, 2.05) is 0 Å². The van der Waals surface area contributed by atoms with Crippen LogP contribution in [0.2, 0.25) is 0 Å². The molecule has 0 saturated carbocycles. The van der Waals surface area contributed by atoms with Gasteiger partial charge in [0.05, 0.1) is 5.97 Å². The Hall–Kier alpha value is -0.204. The van der Waals surface area contributed by atoms with E-state index in [1.54, 1.807) is 12.1 Å². The fourth-order valence-electron chi connectivity index (χ4n) is 2.46. The first-order valence-corrected chi connectivity index (χ1v) is 8.65. The standard InChI is InChI=1S/C19H28O4.K/c1-2-3-4-5-6-7-8-9-10-11-17(20)18-14-12-16(23-18)13-15-19(21)22;/h12-15H,2-11H2,1H3,(H,21,22);/q;+1/p-1/b15-13+;. The molecule has 0 bridgehead atoms. The van der Waals surface area contributed by atoms with Crippen LogP contribution in [0, 0.1) is 0 Å². The third kappa shape index (κ3) is 11.4. The van der Waals surface area contributed by atoms with Gasteiger partial charge in [0.25, 0.3) is 0 Å². The van der Waals surface area contributed by atoms with Gasteiger partial charge in [0, 0.05) is 6.42 Å². The Morgan fingerprint density at radius 3 is 2.17 bits per heavy atom. The number of furan rings is 1. The molecular formula is C19H27KO4. The van der Waals surface area contributed by atoms with Crippen molar-refractivity contribution in [2.75, 3.05) is 0 Å². The van der Waals surface area contributed by atoms with Crippen LogP contribution in [0.1, 0.15) is 87.4 Å². The Morgan fingerprint density at radius 1 is 1.00 bits per heavy atom. The summed E-state index contributed by atoms with van der Waals surface area (Å²) < 4.78 is 5.30. The van der Waals surface area contributed by atoms with Crippen molar-refractivity contribution in [3.8, 4) is 0 Å². The summed E-state index contributed by atoms with van der Waals surface area (Å²) in [6.45, 7) is 2.22. The minimum absolute atomic E-state index is 0. The van der Waals surface area contributed by atoms with Crippen molar-refractivity contribution in [2.24, 2.45) is 0 Å². The summed E-state index contributed by atoms with van der Waals surface area (Å²) in [5.41, 5.74) is 0. The zero-order valence-electron chi connectivity index (χ0n) is 15.0. The number of hydrogen-bond donors (Lipinski definition) is 0. The molecule has 0 aliphatic rings. The Bertz CT molecular complexity index is 505. The number of carbonyl (C=O) groups excluding carboxylic acids is 2. The number of unbranched alkanes of at least 4 members (excludes halogenated alkanes) is 8. The van der Waals surface area contributed by atoms with E-state index < -0.39 is 5.97 Å². The molecule has 0 aromatic carbocycles. The van der Waals surface area contributed by atoms with Crippen molar-refractivity contribution >= 4 is 17.8 Å². The molecule has 0 saturated heterocycles. The molecular weight excluding hydrogens is 331 g/mol. The molecule has 0 spiro atoms. The molecule has 1 aromatic heterocycles. The molecule has 0 radical (unpaired) electrons. The van der Waals surface area contributed by atoms with Crippen LogP contribution in [0.3, 0.4) is 0 Å². The number of rotatable bonds is 13. The Kier molecular flexibility index (Phi) is 15.0. The minimum atomic E-state index is -1.29. The second-order valence-electron chi connectivity index (χ2n) is 5.86. The number of hydrogen-bond acceptors (Lipinski definition) is 4. The van der Waals surface area contributed by atoms with Crippen molar-refractivity contribution in [1.82, 2.24) is 0 Å². The molecule has 0 aliphatic carbocycles. The maximum absolute atomic E-state index is 12.0. The Labute approximate surface area is 187 Å². The molecule has 0 fully saturated rings. The zero-order chi connectivity index (χ0) is 16.9. The molecule has 4 nitrogen and oxygen atoms in total. The average Bonchev–Trinajstić information content (AvgIpc) is 3.00. The SMILES string of the molecule is CCCCCCCCCCCC(=O)c1ccc(/C=C/C(=O)[O-])o1.[K+]. The van der Waals surface area contributed by atoms with E-state index in [9.17, 15) is 14.7 Å². The molecule has 0 amide bonds. The van der Waals surface area contributed by atoms with Crippen LogP contribution in [-0.4, -0.2) is 11.8 Å². The van der Waals surface area contributed by atoms with Gasteiger partial charge in [0.15, 0.2) is 11.5 Å². The van der Waals surface area contributed by atoms with E-state index in [1.165, 1.54) is 51.0 Å². The number of ketones is 1. The predicted octanol–water partition coefficient (Wildman–Crippen LogP) is 1.15. The van der Waals surface area contributed by atoms with Gasteiger partial charge in [-0.1, -0.05) is 58.3 Å². The second kappa shape index (κ2) is 15.1. The monoisotopic (exact) mass is 358 g/mol. The van der Waals surface area contributed by atoms with Crippen LogP contribution in [0.4, 0.5) is 0 Å². The molecule has 1 heterocycles. The predicted molar refractivity (Wildman–Crippen MR) is 88.9 cm³/mol.